The molecule has 0 aliphatic rings. The lowest BCUT2D eigenvalue weighted by Gasteiger charge is -2.05. The standard InChI is InChI=1S/C13H14ClN3O/c1-9-10(8-17(2)16-9)7-15-13(18)11-5-3-4-6-12(11)14/h3-6,8H,7H2,1-2H3,(H,15,18). The van der Waals surface area contributed by atoms with Gasteiger partial charge in [0.25, 0.3) is 5.91 Å². The molecule has 1 heterocycles. The summed E-state index contributed by atoms with van der Waals surface area (Å²) >= 11 is 5.96. The second-order valence-corrected chi connectivity index (χ2v) is 4.48. The zero-order valence-electron chi connectivity index (χ0n) is 10.3. The maximum atomic E-state index is 11.9. The summed E-state index contributed by atoms with van der Waals surface area (Å²) in [5.41, 5.74) is 2.40. The summed E-state index contributed by atoms with van der Waals surface area (Å²) in [6.45, 7) is 2.36. The van der Waals surface area contributed by atoms with Gasteiger partial charge in [0.05, 0.1) is 16.3 Å². The first-order chi connectivity index (χ1) is 8.58. The van der Waals surface area contributed by atoms with Crippen molar-refractivity contribution in [3.05, 3.63) is 52.3 Å². The first-order valence-electron chi connectivity index (χ1n) is 5.60. The van der Waals surface area contributed by atoms with Crippen LogP contribution >= 0.6 is 11.6 Å². The number of hydrogen-bond acceptors (Lipinski definition) is 2. The van der Waals surface area contributed by atoms with Crippen LogP contribution in [0, 0.1) is 6.92 Å². The zero-order chi connectivity index (χ0) is 13.1. The Morgan fingerprint density at radius 2 is 2.17 bits per heavy atom. The third-order valence-corrected chi connectivity index (χ3v) is 3.00. The number of rotatable bonds is 3. The first-order valence-corrected chi connectivity index (χ1v) is 5.97. The highest BCUT2D eigenvalue weighted by atomic mass is 35.5. The minimum Gasteiger partial charge on any atom is -0.348 e. The van der Waals surface area contributed by atoms with Crippen LogP contribution in [0.25, 0.3) is 0 Å². The van der Waals surface area contributed by atoms with Crippen molar-refractivity contribution in [2.45, 2.75) is 13.5 Å². The quantitative estimate of drug-likeness (QED) is 0.924. The fraction of sp³-hybridized carbons (Fsp3) is 0.231. The summed E-state index contributed by atoms with van der Waals surface area (Å²) in [5.74, 6) is -0.177. The Morgan fingerprint density at radius 3 is 2.78 bits per heavy atom. The molecule has 0 unspecified atom stereocenters. The van der Waals surface area contributed by atoms with Crippen molar-refractivity contribution in [3.63, 3.8) is 0 Å². The molecular formula is C13H14ClN3O. The number of nitrogens with zero attached hydrogens (tertiary/aromatic N) is 2. The van der Waals surface area contributed by atoms with Crippen molar-refractivity contribution in [3.8, 4) is 0 Å². The van der Waals surface area contributed by atoms with Crippen LogP contribution in [-0.2, 0) is 13.6 Å². The molecular weight excluding hydrogens is 250 g/mol. The molecule has 0 spiro atoms. The van der Waals surface area contributed by atoms with Crippen LogP contribution in [0.2, 0.25) is 5.02 Å². The lowest BCUT2D eigenvalue weighted by Crippen LogP contribution is -2.23. The smallest absolute Gasteiger partial charge is 0.253 e. The predicted molar refractivity (Wildman–Crippen MR) is 70.6 cm³/mol. The molecule has 2 rings (SSSR count). The van der Waals surface area contributed by atoms with Gasteiger partial charge in [-0.2, -0.15) is 5.10 Å². The predicted octanol–water partition coefficient (Wildman–Crippen LogP) is 2.31. The fourth-order valence-corrected chi connectivity index (χ4v) is 1.96. The molecule has 1 aromatic heterocycles. The highest BCUT2D eigenvalue weighted by Crippen LogP contribution is 2.14. The molecule has 0 atom stereocenters. The molecule has 0 radical (unpaired) electrons. The Morgan fingerprint density at radius 1 is 1.44 bits per heavy atom. The van der Waals surface area contributed by atoms with Crippen molar-refractivity contribution < 1.29 is 4.79 Å². The molecule has 0 fully saturated rings. The van der Waals surface area contributed by atoms with Gasteiger partial charge >= 0.3 is 0 Å². The molecule has 0 saturated carbocycles. The normalized spacial score (nSPS) is 10.4. The lowest BCUT2D eigenvalue weighted by molar-refractivity contribution is 0.0951. The summed E-state index contributed by atoms with van der Waals surface area (Å²) in [4.78, 5) is 11.9. The summed E-state index contributed by atoms with van der Waals surface area (Å²) in [6, 6.07) is 6.99. The Hall–Kier alpha value is -1.81. The lowest BCUT2D eigenvalue weighted by atomic mass is 10.2. The average Bonchev–Trinajstić information content (AvgIpc) is 2.65. The minimum absolute atomic E-state index is 0.177. The average molecular weight is 264 g/mol. The van der Waals surface area contributed by atoms with E-state index in [-0.39, 0.29) is 5.91 Å². The molecule has 2 aromatic rings. The number of aryl methyl sites for hydroxylation is 2. The second-order valence-electron chi connectivity index (χ2n) is 4.08. The van der Waals surface area contributed by atoms with Crippen LogP contribution in [0.1, 0.15) is 21.6 Å². The van der Waals surface area contributed by atoms with Crippen molar-refractivity contribution in [2.75, 3.05) is 0 Å². The van der Waals surface area contributed by atoms with Crippen molar-refractivity contribution in [1.82, 2.24) is 15.1 Å². The van der Waals surface area contributed by atoms with Gasteiger partial charge in [0.2, 0.25) is 0 Å². The van der Waals surface area contributed by atoms with Gasteiger partial charge in [0.1, 0.15) is 0 Å². The van der Waals surface area contributed by atoms with E-state index in [1.165, 1.54) is 0 Å². The fourth-order valence-electron chi connectivity index (χ4n) is 1.74. The zero-order valence-corrected chi connectivity index (χ0v) is 11.0. The van der Waals surface area contributed by atoms with Crippen LogP contribution in [0.4, 0.5) is 0 Å². The van der Waals surface area contributed by atoms with Crippen molar-refractivity contribution in [2.24, 2.45) is 7.05 Å². The van der Waals surface area contributed by atoms with Gasteiger partial charge in [0, 0.05) is 25.4 Å². The van der Waals surface area contributed by atoms with Crippen molar-refractivity contribution >= 4 is 17.5 Å². The number of nitrogens with one attached hydrogen (secondary N) is 1. The van der Waals surface area contributed by atoms with E-state index in [4.69, 9.17) is 11.6 Å². The highest BCUT2D eigenvalue weighted by molar-refractivity contribution is 6.33. The van der Waals surface area contributed by atoms with E-state index in [1.807, 2.05) is 20.2 Å². The van der Waals surface area contributed by atoms with Gasteiger partial charge in [-0.25, -0.2) is 0 Å². The maximum Gasteiger partial charge on any atom is 0.253 e. The summed E-state index contributed by atoms with van der Waals surface area (Å²) < 4.78 is 1.73. The van der Waals surface area contributed by atoms with Gasteiger partial charge in [-0.15, -0.1) is 0 Å². The third kappa shape index (κ3) is 2.71. The van der Waals surface area contributed by atoms with E-state index in [1.54, 1.807) is 28.9 Å². The van der Waals surface area contributed by atoms with Crippen LogP contribution in [0.5, 0.6) is 0 Å². The molecule has 0 aliphatic carbocycles. The molecule has 1 aromatic carbocycles. The number of aromatic nitrogens is 2. The van der Waals surface area contributed by atoms with Gasteiger partial charge in [-0.1, -0.05) is 23.7 Å². The van der Waals surface area contributed by atoms with Gasteiger partial charge in [-0.05, 0) is 19.1 Å². The SMILES string of the molecule is Cc1nn(C)cc1CNC(=O)c1ccccc1Cl. The molecule has 4 nitrogen and oxygen atoms in total. The molecule has 0 aliphatic heterocycles. The third-order valence-electron chi connectivity index (χ3n) is 2.67. The largest absolute Gasteiger partial charge is 0.348 e. The van der Waals surface area contributed by atoms with Gasteiger partial charge in [0.15, 0.2) is 0 Å². The monoisotopic (exact) mass is 263 g/mol. The number of hydrogen-bond donors (Lipinski definition) is 1. The van der Waals surface area contributed by atoms with Crippen molar-refractivity contribution in [1.29, 1.82) is 0 Å². The maximum absolute atomic E-state index is 11.9. The number of carbonyl (C=O) groups excluding carboxylic acids is 1. The number of carbonyl (C=O) groups is 1. The molecule has 0 bridgehead atoms. The van der Waals surface area contributed by atoms with Gasteiger partial charge in [-0.3, -0.25) is 9.48 Å². The van der Waals surface area contributed by atoms with E-state index in [0.29, 0.717) is 17.1 Å². The topological polar surface area (TPSA) is 46.9 Å². The Bertz CT molecular complexity index is 577. The molecule has 94 valence electrons. The van der Waals surface area contributed by atoms with E-state index >= 15 is 0 Å². The Kier molecular flexibility index (Phi) is 3.67. The van der Waals surface area contributed by atoms with E-state index in [0.717, 1.165) is 11.3 Å². The number of amides is 1. The molecule has 1 amide bonds. The van der Waals surface area contributed by atoms with Crippen LogP contribution in [0.15, 0.2) is 30.5 Å². The summed E-state index contributed by atoms with van der Waals surface area (Å²) in [6.07, 6.45) is 1.89. The van der Waals surface area contributed by atoms with Crippen LogP contribution in [-0.4, -0.2) is 15.7 Å². The minimum atomic E-state index is -0.177. The van der Waals surface area contributed by atoms with Crippen LogP contribution in [0.3, 0.4) is 0 Å². The molecule has 18 heavy (non-hydrogen) atoms. The molecule has 0 saturated heterocycles. The second kappa shape index (κ2) is 5.23. The van der Waals surface area contributed by atoms with Gasteiger partial charge < -0.3 is 5.32 Å². The van der Waals surface area contributed by atoms with Crippen LogP contribution < -0.4 is 5.32 Å². The first kappa shape index (κ1) is 12.6. The number of halogens is 1. The summed E-state index contributed by atoms with van der Waals surface area (Å²) in [5, 5.41) is 7.51. The molecule has 5 heteroatoms. The highest BCUT2D eigenvalue weighted by Gasteiger charge is 2.10. The van der Waals surface area contributed by atoms with E-state index < -0.39 is 0 Å². The molecule has 1 N–H and O–H groups in total. The Labute approximate surface area is 111 Å². The summed E-state index contributed by atoms with van der Waals surface area (Å²) in [7, 11) is 1.85. The van der Waals surface area contributed by atoms with E-state index in [2.05, 4.69) is 10.4 Å². The Balaban J connectivity index is 2.05. The number of benzene rings is 1. The van der Waals surface area contributed by atoms with E-state index in [9.17, 15) is 4.79 Å².